The number of amides is 1. The topological polar surface area (TPSA) is 57.7 Å². The smallest absolute Gasteiger partial charge is 0.236 e. The molecule has 6 heteroatoms. The van der Waals surface area contributed by atoms with E-state index in [4.69, 9.17) is 0 Å². The first-order valence-electron chi connectivity index (χ1n) is 8.76. The molecule has 1 aromatic rings. The Morgan fingerprint density at radius 2 is 1.88 bits per heavy atom. The maximum atomic E-state index is 12.3. The monoisotopic (exact) mass is 350 g/mol. The van der Waals surface area contributed by atoms with Crippen LogP contribution in [0.4, 0.5) is 0 Å². The SMILES string of the molecule is O=C1CN(CCC2CCS(=O)(=O)C2)CCN1CCc1ccccc1. The van der Waals surface area contributed by atoms with Crippen LogP contribution in [0.25, 0.3) is 0 Å². The van der Waals surface area contributed by atoms with Gasteiger partial charge < -0.3 is 4.90 Å². The first-order valence-corrected chi connectivity index (χ1v) is 10.6. The van der Waals surface area contributed by atoms with Gasteiger partial charge in [0.05, 0.1) is 18.1 Å². The first kappa shape index (κ1) is 17.4. The van der Waals surface area contributed by atoms with Gasteiger partial charge in [0.2, 0.25) is 5.91 Å². The third-order valence-corrected chi connectivity index (χ3v) is 6.93. The van der Waals surface area contributed by atoms with Crippen LogP contribution >= 0.6 is 0 Å². The molecule has 2 fully saturated rings. The zero-order chi connectivity index (χ0) is 17.0. The third kappa shape index (κ3) is 4.80. The Hall–Kier alpha value is -1.40. The fourth-order valence-corrected chi connectivity index (χ4v) is 5.47. The molecule has 1 aromatic carbocycles. The molecule has 0 N–H and O–H groups in total. The lowest BCUT2D eigenvalue weighted by atomic mass is 10.0. The van der Waals surface area contributed by atoms with Gasteiger partial charge in [-0.1, -0.05) is 30.3 Å². The lowest BCUT2D eigenvalue weighted by molar-refractivity contribution is -0.136. The summed E-state index contributed by atoms with van der Waals surface area (Å²) in [4.78, 5) is 16.4. The Balaban J connectivity index is 1.40. The summed E-state index contributed by atoms with van der Waals surface area (Å²) in [5.41, 5.74) is 1.26. The highest BCUT2D eigenvalue weighted by Gasteiger charge is 2.29. The van der Waals surface area contributed by atoms with E-state index in [0.717, 1.165) is 45.4 Å². The van der Waals surface area contributed by atoms with E-state index in [0.29, 0.717) is 18.1 Å². The van der Waals surface area contributed by atoms with Gasteiger partial charge >= 0.3 is 0 Å². The second-order valence-electron chi connectivity index (χ2n) is 6.95. The van der Waals surface area contributed by atoms with E-state index in [1.165, 1.54) is 5.56 Å². The molecule has 2 heterocycles. The molecule has 132 valence electrons. The molecule has 0 radical (unpaired) electrons. The molecule has 0 bridgehead atoms. The highest BCUT2D eigenvalue weighted by Crippen LogP contribution is 2.22. The van der Waals surface area contributed by atoms with E-state index < -0.39 is 9.84 Å². The molecule has 3 rings (SSSR count). The van der Waals surface area contributed by atoms with E-state index in [1.807, 2.05) is 23.1 Å². The Morgan fingerprint density at radius 1 is 1.08 bits per heavy atom. The lowest BCUT2D eigenvalue weighted by Gasteiger charge is -2.34. The summed E-state index contributed by atoms with van der Waals surface area (Å²) < 4.78 is 23.0. The molecule has 5 nitrogen and oxygen atoms in total. The molecule has 2 aliphatic rings. The predicted molar refractivity (Wildman–Crippen MR) is 94.5 cm³/mol. The van der Waals surface area contributed by atoms with E-state index in [2.05, 4.69) is 17.0 Å². The van der Waals surface area contributed by atoms with Crippen LogP contribution in [0, 0.1) is 5.92 Å². The highest BCUT2D eigenvalue weighted by molar-refractivity contribution is 7.91. The molecule has 0 aliphatic carbocycles. The fraction of sp³-hybridized carbons (Fsp3) is 0.611. The van der Waals surface area contributed by atoms with Crippen LogP contribution in [0.2, 0.25) is 0 Å². The normalized spacial score (nSPS) is 24.4. The molecule has 24 heavy (non-hydrogen) atoms. The van der Waals surface area contributed by atoms with Crippen LogP contribution in [0.3, 0.4) is 0 Å². The van der Waals surface area contributed by atoms with Gasteiger partial charge in [-0.2, -0.15) is 0 Å². The van der Waals surface area contributed by atoms with Crippen LogP contribution in [-0.4, -0.2) is 68.4 Å². The van der Waals surface area contributed by atoms with Gasteiger partial charge in [0.1, 0.15) is 0 Å². The number of piperazine rings is 1. The van der Waals surface area contributed by atoms with Crippen LogP contribution in [0.1, 0.15) is 18.4 Å². The molecular formula is C18H26N2O3S. The summed E-state index contributed by atoms with van der Waals surface area (Å²) in [6.45, 7) is 3.74. The zero-order valence-electron chi connectivity index (χ0n) is 14.1. The molecule has 0 spiro atoms. The quantitative estimate of drug-likeness (QED) is 0.774. The van der Waals surface area contributed by atoms with E-state index in [9.17, 15) is 13.2 Å². The number of hydrogen-bond acceptors (Lipinski definition) is 4. The highest BCUT2D eigenvalue weighted by atomic mass is 32.2. The maximum Gasteiger partial charge on any atom is 0.236 e. The molecule has 0 saturated carbocycles. The summed E-state index contributed by atoms with van der Waals surface area (Å²) in [7, 11) is -2.80. The zero-order valence-corrected chi connectivity index (χ0v) is 14.9. The molecule has 0 aromatic heterocycles. The summed E-state index contributed by atoms with van der Waals surface area (Å²) >= 11 is 0. The van der Waals surface area contributed by atoms with Crippen LogP contribution in [0.15, 0.2) is 30.3 Å². The van der Waals surface area contributed by atoms with Crippen LogP contribution in [-0.2, 0) is 21.1 Å². The number of benzene rings is 1. The fourth-order valence-electron chi connectivity index (χ4n) is 3.56. The van der Waals surface area contributed by atoms with Crippen molar-refractivity contribution in [2.45, 2.75) is 19.3 Å². The van der Waals surface area contributed by atoms with Crippen molar-refractivity contribution in [2.75, 3.05) is 44.2 Å². The van der Waals surface area contributed by atoms with Crippen LogP contribution in [0.5, 0.6) is 0 Å². The minimum absolute atomic E-state index is 0.191. The average Bonchev–Trinajstić information content (AvgIpc) is 2.92. The number of sulfone groups is 1. The summed E-state index contributed by atoms with van der Waals surface area (Å²) in [5.74, 6) is 1.14. The Bertz CT molecular complexity index is 660. The van der Waals surface area contributed by atoms with E-state index in [-0.39, 0.29) is 11.8 Å². The Labute approximate surface area is 144 Å². The molecule has 1 unspecified atom stereocenters. The van der Waals surface area contributed by atoms with Crippen molar-refractivity contribution < 1.29 is 13.2 Å². The first-order chi connectivity index (χ1) is 11.5. The number of rotatable bonds is 6. The van der Waals surface area contributed by atoms with E-state index >= 15 is 0 Å². The van der Waals surface area contributed by atoms with Gasteiger partial charge in [-0.25, -0.2) is 8.42 Å². The summed E-state index contributed by atoms with van der Waals surface area (Å²) in [6.07, 6.45) is 2.57. The summed E-state index contributed by atoms with van der Waals surface area (Å²) in [6, 6.07) is 10.2. The maximum absolute atomic E-state index is 12.3. The lowest BCUT2D eigenvalue weighted by Crippen LogP contribution is -2.51. The molecule has 2 saturated heterocycles. The van der Waals surface area contributed by atoms with Gasteiger partial charge in [0, 0.05) is 19.6 Å². The number of nitrogens with zero attached hydrogens (tertiary/aromatic N) is 2. The van der Waals surface area contributed by atoms with Crippen molar-refractivity contribution in [2.24, 2.45) is 5.92 Å². The molecule has 1 atom stereocenters. The predicted octanol–water partition coefficient (Wildman–Crippen LogP) is 1.20. The summed E-state index contributed by atoms with van der Waals surface area (Å²) in [5, 5.41) is 0. The molecular weight excluding hydrogens is 324 g/mol. The minimum atomic E-state index is -2.80. The van der Waals surface area contributed by atoms with Gasteiger partial charge in [-0.05, 0) is 37.3 Å². The standard InChI is InChI=1S/C18H26N2O3S/c21-18-14-19(9-6-17-8-13-24(22,23)15-17)11-12-20(18)10-7-16-4-2-1-3-5-16/h1-5,17H,6-15H2. The third-order valence-electron chi connectivity index (χ3n) is 5.09. The minimum Gasteiger partial charge on any atom is -0.340 e. The second-order valence-corrected chi connectivity index (χ2v) is 9.18. The van der Waals surface area contributed by atoms with Crippen molar-refractivity contribution in [3.05, 3.63) is 35.9 Å². The van der Waals surface area contributed by atoms with Gasteiger partial charge in [-0.3, -0.25) is 9.69 Å². The number of carbonyl (C=O) groups excluding carboxylic acids is 1. The van der Waals surface area contributed by atoms with E-state index in [1.54, 1.807) is 0 Å². The van der Waals surface area contributed by atoms with Crippen molar-refractivity contribution in [1.29, 1.82) is 0 Å². The van der Waals surface area contributed by atoms with Gasteiger partial charge in [0.25, 0.3) is 0 Å². The van der Waals surface area contributed by atoms with Gasteiger partial charge in [-0.15, -0.1) is 0 Å². The van der Waals surface area contributed by atoms with Gasteiger partial charge in [0.15, 0.2) is 9.84 Å². The van der Waals surface area contributed by atoms with Crippen molar-refractivity contribution in [3.63, 3.8) is 0 Å². The molecule has 2 aliphatic heterocycles. The van der Waals surface area contributed by atoms with Crippen molar-refractivity contribution >= 4 is 15.7 Å². The largest absolute Gasteiger partial charge is 0.340 e. The second kappa shape index (κ2) is 7.66. The Kier molecular flexibility index (Phi) is 5.56. The molecule has 1 amide bonds. The van der Waals surface area contributed by atoms with Crippen molar-refractivity contribution in [1.82, 2.24) is 9.80 Å². The Morgan fingerprint density at radius 3 is 2.54 bits per heavy atom. The number of carbonyl (C=O) groups is 1. The number of hydrogen-bond donors (Lipinski definition) is 0. The average molecular weight is 350 g/mol. The van der Waals surface area contributed by atoms with Crippen LogP contribution < -0.4 is 0 Å². The van der Waals surface area contributed by atoms with Crippen molar-refractivity contribution in [3.8, 4) is 0 Å².